The SMILES string of the molecule is CC(C)c1ccc(S(=O)(=O)N2CCN(CC(=O)N[C@@H]3CCCC[C@@H]3C)CC2)cc1. The van der Waals surface area contributed by atoms with Crippen LogP contribution in [0, 0.1) is 5.92 Å². The molecule has 0 spiro atoms. The molecule has 0 aromatic heterocycles. The van der Waals surface area contributed by atoms with Gasteiger partial charge in [0.1, 0.15) is 0 Å². The lowest BCUT2D eigenvalue weighted by Crippen LogP contribution is -2.52. The summed E-state index contributed by atoms with van der Waals surface area (Å²) in [6.45, 7) is 8.74. The van der Waals surface area contributed by atoms with E-state index >= 15 is 0 Å². The van der Waals surface area contributed by atoms with E-state index in [1.54, 1.807) is 12.1 Å². The Labute approximate surface area is 175 Å². The molecule has 2 atom stereocenters. The summed E-state index contributed by atoms with van der Waals surface area (Å²) in [5, 5.41) is 3.19. The van der Waals surface area contributed by atoms with Gasteiger partial charge in [-0.15, -0.1) is 0 Å². The van der Waals surface area contributed by atoms with E-state index in [1.165, 1.54) is 23.6 Å². The summed E-state index contributed by atoms with van der Waals surface area (Å²) in [4.78, 5) is 14.8. The van der Waals surface area contributed by atoms with E-state index in [-0.39, 0.29) is 11.9 Å². The minimum absolute atomic E-state index is 0.0596. The van der Waals surface area contributed by atoms with Crippen LogP contribution in [0.15, 0.2) is 29.2 Å². The first kappa shape index (κ1) is 22.2. The Bertz CT molecular complexity index is 784. The van der Waals surface area contributed by atoms with Crippen LogP contribution in [-0.2, 0) is 14.8 Å². The maximum absolute atomic E-state index is 12.9. The average molecular weight is 422 g/mol. The molecule has 1 amide bonds. The van der Waals surface area contributed by atoms with Gasteiger partial charge in [0.2, 0.25) is 15.9 Å². The molecule has 1 aromatic carbocycles. The molecule has 1 aliphatic heterocycles. The number of piperazine rings is 1. The zero-order chi connectivity index (χ0) is 21.0. The topological polar surface area (TPSA) is 69.7 Å². The van der Waals surface area contributed by atoms with Gasteiger partial charge in [0, 0.05) is 32.2 Å². The van der Waals surface area contributed by atoms with Crippen LogP contribution in [0.25, 0.3) is 0 Å². The summed E-state index contributed by atoms with van der Waals surface area (Å²) >= 11 is 0. The Kier molecular flexibility index (Phi) is 7.35. The van der Waals surface area contributed by atoms with Crippen molar-refractivity contribution >= 4 is 15.9 Å². The zero-order valence-corrected chi connectivity index (χ0v) is 18.7. The number of nitrogens with one attached hydrogen (secondary N) is 1. The summed E-state index contributed by atoms with van der Waals surface area (Å²) < 4.78 is 27.4. The molecule has 1 saturated carbocycles. The van der Waals surface area contributed by atoms with Gasteiger partial charge in [-0.1, -0.05) is 45.7 Å². The number of hydrogen-bond acceptors (Lipinski definition) is 4. The number of hydrogen-bond donors (Lipinski definition) is 1. The smallest absolute Gasteiger partial charge is 0.243 e. The van der Waals surface area contributed by atoms with Gasteiger partial charge in [0.25, 0.3) is 0 Å². The zero-order valence-electron chi connectivity index (χ0n) is 17.9. The first-order valence-corrected chi connectivity index (χ1v) is 12.3. The van der Waals surface area contributed by atoms with E-state index in [9.17, 15) is 13.2 Å². The van der Waals surface area contributed by atoms with Gasteiger partial charge in [0.05, 0.1) is 11.4 Å². The van der Waals surface area contributed by atoms with Crippen LogP contribution in [0.4, 0.5) is 0 Å². The van der Waals surface area contributed by atoms with Crippen LogP contribution in [0.5, 0.6) is 0 Å². The van der Waals surface area contributed by atoms with Gasteiger partial charge >= 0.3 is 0 Å². The molecule has 0 radical (unpaired) electrons. The largest absolute Gasteiger partial charge is 0.352 e. The number of amides is 1. The quantitative estimate of drug-likeness (QED) is 0.767. The highest BCUT2D eigenvalue weighted by molar-refractivity contribution is 7.89. The molecule has 7 heteroatoms. The lowest BCUT2D eigenvalue weighted by atomic mass is 9.86. The molecule has 2 fully saturated rings. The molecule has 6 nitrogen and oxygen atoms in total. The van der Waals surface area contributed by atoms with E-state index < -0.39 is 10.0 Å². The fourth-order valence-electron chi connectivity index (χ4n) is 4.29. The maximum atomic E-state index is 12.9. The Balaban J connectivity index is 1.51. The van der Waals surface area contributed by atoms with Crippen LogP contribution < -0.4 is 5.32 Å². The molecule has 1 aliphatic carbocycles. The molecular weight excluding hydrogens is 386 g/mol. The second-order valence-corrected chi connectivity index (χ2v) is 10.8. The predicted octanol–water partition coefficient (Wildman–Crippen LogP) is 2.81. The minimum Gasteiger partial charge on any atom is -0.352 e. The third-order valence-corrected chi connectivity index (χ3v) is 8.25. The molecular formula is C22H35N3O3S. The summed E-state index contributed by atoms with van der Waals surface area (Å²) in [7, 11) is -3.48. The Hall–Kier alpha value is -1.44. The van der Waals surface area contributed by atoms with Crippen molar-refractivity contribution in [3.05, 3.63) is 29.8 Å². The maximum Gasteiger partial charge on any atom is 0.243 e. The van der Waals surface area contributed by atoms with Crippen molar-refractivity contribution in [2.24, 2.45) is 5.92 Å². The number of carbonyl (C=O) groups is 1. The van der Waals surface area contributed by atoms with E-state index in [4.69, 9.17) is 0 Å². The van der Waals surface area contributed by atoms with E-state index in [0.717, 1.165) is 12.0 Å². The van der Waals surface area contributed by atoms with Crippen molar-refractivity contribution in [1.82, 2.24) is 14.5 Å². The van der Waals surface area contributed by atoms with Crippen molar-refractivity contribution in [2.75, 3.05) is 32.7 Å². The van der Waals surface area contributed by atoms with Crippen molar-refractivity contribution in [3.8, 4) is 0 Å². The van der Waals surface area contributed by atoms with Gasteiger partial charge in [-0.3, -0.25) is 9.69 Å². The van der Waals surface area contributed by atoms with Crippen LogP contribution in [0.2, 0.25) is 0 Å². The highest BCUT2D eigenvalue weighted by Gasteiger charge is 2.30. The van der Waals surface area contributed by atoms with Crippen molar-refractivity contribution < 1.29 is 13.2 Å². The van der Waals surface area contributed by atoms with Crippen molar-refractivity contribution in [1.29, 1.82) is 0 Å². The van der Waals surface area contributed by atoms with Gasteiger partial charge < -0.3 is 5.32 Å². The molecule has 3 rings (SSSR count). The van der Waals surface area contributed by atoms with Crippen LogP contribution in [-0.4, -0.2) is 62.3 Å². The number of sulfonamides is 1. The number of rotatable bonds is 6. The molecule has 162 valence electrons. The minimum atomic E-state index is -3.48. The summed E-state index contributed by atoms with van der Waals surface area (Å²) in [6, 6.07) is 7.48. The number of carbonyl (C=O) groups excluding carboxylic acids is 1. The summed E-state index contributed by atoms with van der Waals surface area (Å²) in [6.07, 6.45) is 4.68. The normalized spacial score (nSPS) is 24.6. The summed E-state index contributed by atoms with van der Waals surface area (Å²) in [5.41, 5.74) is 1.13. The molecule has 0 bridgehead atoms. The highest BCUT2D eigenvalue weighted by Crippen LogP contribution is 2.24. The van der Waals surface area contributed by atoms with E-state index in [1.807, 2.05) is 12.1 Å². The van der Waals surface area contributed by atoms with Gasteiger partial charge in [-0.25, -0.2) is 8.42 Å². The molecule has 2 aliphatic rings. The predicted molar refractivity (Wildman–Crippen MR) is 115 cm³/mol. The first-order chi connectivity index (χ1) is 13.8. The second-order valence-electron chi connectivity index (χ2n) is 8.84. The summed E-state index contributed by atoms with van der Waals surface area (Å²) in [5.74, 6) is 0.971. The van der Waals surface area contributed by atoms with Gasteiger partial charge in [0.15, 0.2) is 0 Å². The lowest BCUT2D eigenvalue weighted by Gasteiger charge is -2.34. The van der Waals surface area contributed by atoms with Gasteiger partial charge in [-0.05, 0) is 42.4 Å². The Morgan fingerprint density at radius 3 is 2.28 bits per heavy atom. The Morgan fingerprint density at radius 1 is 1.07 bits per heavy atom. The van der Waals surface area contributed by atoms with Crippen LogP contribution in [0.1, 0.15) is 57.9 Å². The van der Waals surface area contributed by atoms with Crippen LogP contribution >= 0.6 is 0 Å². The lowest BCUT2D eigenvalue weighted by molar-refractivity contribution is -0.123. The van der Waals surface area contributed by atoms with E-state index in [0.29, 0.717) is 49.5 Å². The van der Waals surface area contributed by atoms with Crippen molar-refractivity contribution in [2.45, 2.75) is 63.3 Å². The molecule has 1 saturated heterocycles. The average Bonchev–Trinajstić information content (AvgIpc) is 2.70. The van der Waals surface area contributed by atoms with E-state index in [2.05, 4.69) is 31.0 Å². The first-order valence-electron chi connectivity index (χ1n) is 10.9. The third-order valence-electron chi connectivity index (χ3n) is 6.34. The standard InChI is InChI=1S/C22H35N3O3S/c1-17(2)19-8-10-20(11-9-19)29(27,28)25-14-12-24(13-15-25)16-22(26)23-21-7-5-4-6-18(21)3/h8-11,17-18,21H,4-7,12-16H2,1-3H3,(H,23,26)/t18-,21+/m0/s1. The number of benzene rings is 1. The molecule has 1 heterocycles. The molecule has 29 heavy (non-hydrogen) atoms. The van der Waals surface area contributed by atoms with Crippen molar-refractivity contribution in [3.63, 3.8) is 0 Å². The van der Waals surface area contributed by atoms with Gasteiger partial charge in [-0.2, -0.15) is 4.31 Å². The number of nitrogens with zero attached hydrogens (tertiary/aromatic N) is 2. The monoisotopic (exact) mass is 421 g/mol. The second kappa shape index (κ2) is 9.58. The fraction of sp³-hybridized carbons (Fsp3) is 0.682. The highest BCUT2D eigenvalue weighted by atomic mass is 32.2. The Morgan fingerprint density at radius 2 is 1.69 bits per heavy atom. The molecule has 0 unspecified atom stereocenters. The fourth-order valence-corrected chi connectivity index (χ4v) is 5.71. The van der Waals surface area contributed by atoms with Crippen LogP contribution in [0.3, 0.4) is 0 Å². The molecule has 1 aromatic rings. The third kappa shape index (κ3) is 5.58. The molecule has 1 N–H and O–H groups in total.